The van der Waals surface area contributed by atoms with E-state index in [0.717, 1.165) is 0 Å². The summed E-state index contributed by atoms with van der Waals surface area (Å²) in [5, 5.41) is 21.1. The summed E-state index contributed by atoms with van der Waals surface area (Å²) in [6.07, 6.45) is 3.20. The average Bonchev–Trinajstić information content (AvgIpc) is 3.35. The Morgan fingerprint density at radius 3 is 2.45 bits per heavy atom. The molecule has 0 saturated heterocycles. The zero-order valence-corrected chi connectivity index (χ0v) is 21.2. The fourth-order valence-electron chi connectivity index (χ4n) is 4.42. The summed E-state index contributed by atoms with van der Waals surface area (Å²) in [5.74, 6) is 1.89. The second-order valence-corrected chi connectivity index (χ2v) is 8.47. The Morgan fingerprint density at radius 2 is 1.82 bits per heavy atom. The molecule has 1 aliphatic rings. The number of aromatic nitrogens is 4. The molecule has 0 spiro atoms. The third kappa shape index (κ3) is 4.45. The number of anilines is 2. The van der Waals surface area contributed by atoms with Gasteiger partial charge in [-0.1, -0.05) is 12.1 Å². The molecule has 2 aromatic heterocycles. The fraction of sp³-hybridized carbons (Fsp3) is 0.185. The molecule has 194 valence electrons. The number of phenols is 1. The van der Waals surface area contributed by atoms with E-state index in [0.29, 0.717) is 57.1 Å². The number of carbonyl (C=O) groups is 1. The number of allylic oxidation sites excluding steroid dienone is 1. The van der Waals surface area contributed by atoms with Crippen molar-refractivity contribution in [3.8, 4) is 34.4 Å². The predicted octanol–water partition coefficient (Wildman–Crippen LogP) is 4.00. The number of ether oxygens (including phenoxy) is 3. The largest absolute Gasteiger partial charge is 0.508 e. The maximum absolute atomic E-state index is 13.6. The molecular formula is C27H26N6O5. The van der Waals surface area contributed by atoms with Gasteiger partial charge in [-0.3, -0.25) is 9.78 Å². The van der Waals surface area contributed by atoms with E-state index in [1.165, 1.54) is 21.3 Å². The van der Waals surface area contributed by atoms with Gasteiger partial charge in [0.2, 0.25) is 11.7 Å². The van der Waals surface area contributed by atoms with Crippen LogP contribution in [0.25, 0.3) is 11.4 Å². The van der Waals surface area contributed by atoms with Gasteiger partial charge in [-0.25, -0.2) is 4.68 Å². The quantitative estimate of drug-likeness (QED) is 0.335. The molecule has 0 bridgehead atoms. The highest BCUT2D eigenvalue weighted by molar-refractivity contribution is 6.06. The SMILES string of the molecule is COc1cc(-c2nc3n(n2)C(c2cccc(O)c2)C(C(=O)Nc2cccnc2)=C(C)N3)cc(OC)c1OC. The number of methoxy groups -OCH3 is 3. The van der Waals surface area contributed by atoms with Crippen LogP contribution < -0.4 is 24.8 Å². The number of pyridine rings is 1. The van der Waals surface area contributed by atoms with E-state index in [2.05, 4.69) is 15.6 Å². The van der Waals surface area contributed by atoms with Crippen molar-refractivity contribution in [1.29, 1.82) is 0 Å². The van der Waals surface area contributed by atoms with E-state index in [-0.39, 0.29) is 11.7 Å². The first-order valence-electron chi connectivity index (χ1n) is 11.7. The van der Waals surface area contributed by atoms with Gasteiger partial charge in [0.1, 0.15) is 11.8 Å². The van der Waals surface area contributed by atoms with E-state index >= 15 is 0 Å². The Bertz CT molecular complexity index is 1510. The summed E-state index contributed by atoms with van der Waals surface area (Å²) >= 11 is 0. The molecule has 11 heteroatoms. The lowest BCUT2D eigenvalue weighted by atomic mass is 9.95. The first kappa shape index (κ1) is 24.6. The number of carbonyl (C=O) groups excluding carboxylic acids is 1. The highest BCUT2D eigenvalue weighted by atomic mass is 16.5. The molecule has 0 saturated carbocycles. The van der Waals surface area contributed by atoms with Crippen molar-refractivity contribution in [2.75, 3.05) is 32.0 Å². The summed E-state index contributed by atoms with van der Waals surface area (Å²) in [4.78, 5) is 22.3. The number of amides is 1. The van der Waals surface area contributed by atoms with Crippen molar-refractivity contribution in [2.24, 2.45) is 0 Å². The van der Waals surface area contributed by atoms with Crippen molar-refractivity contribution in [1.82, 2.24) is 19.7 Å². The molecule has 0 fully saturated rings. The number of nitrogens with zero attached hydrogens (tertiary/aromatic N) is 4. The smallest absolute Gasteiger partial charge is 0.255 e. The normalized spacial score (nSPS) is 14.4. The third-order valence-electron chi connectivity index (χ3n) is 6.13. The first-order chi connectivity index (χ1) is 18.4. The molecule has 0 radical (unpaired) electrons. The van der Waals surface area contributed by atoms with Crippen molar-refractivity contribution < 1.29 is 24.1 Å². The van der Waals surface area contributed by atoms with E-state index in [9.17, 15) is 9.90 Å². The Hall–Kier alpha value is -5.06. The Kier molecular flexibility index (Phi) is 6.56. The van der Waals surface area contributed by atoms with E-state index in [4.69, 9.17) is 24.3 Å². The van der Waals surface area contributed by atoms with Crippen LogP contribution in [0.3, 0.4) is 0 Å². The molecule has 38 heavy (non-hydrogen) atoms. The second-order valence-electron chi connectivity index (χ2n) is 8.47. The van der Waals surface area contributed by atoms with Gasteiger partial charge >= 0.3 is 0 Å². The van der Waals surface area contributed by atoms with E-state index in [1.807, 2.05) is 6.07 Å². The number of nitrogens with one attached hydrogen (secondary N) is 2. The van der Waals surface area contributed by atoms with Gasteiger partial charge < -0.3 is 30.0 Å². The van der Waals surface area contributed by atoms with Crippen LogP contribution in [-0.4, -0.2) is 52.1 Å². The number of hydrogen-bond acceptors (Lipinski definition) is 9. The molecular weight excluding hydrogens is 488 g/mol. The van der Waals surface area contributed by atoms with Crippen LogP contribution in [0.15, 0.2) is 72.2 Å². The highest BCUT2D eigenvalue weighted by Gasteiger charge is 2.35. The monoisotopic (exact) mass is 514 g/mol. The van der Waals surface area contributed by atoms with Gasteiger partial charge in [0, 0.05) is 17.5 Å². The minimum absolute atomic E-state index is 0.0669. The minimum Gasteiger partial charge on any atom is -0.508 e. The van der Waals surface area contributed by atoms with Crippen molar-refractivity contribution in [3.63, 3.8) is 0 Å². The van der Waals surface area contributed by atoms with Crippen molar-refractivity contribution in [3.05, 3.63) is 77.8 Å². The van der Waals surface area contributed by atoms with Crippen LogP contribution in [0.4, 0.5) is 11.6 Å². The summed E-state index contributed by atoms with van der Waals surface area (Å²) in [6.45, 7) is 1.80. The van der Waals surface area contributed by atoms with Crippen molar-refractivity contribution in [2.45, 2.75) is 13.0 Å². The molecule has 4 aromatic rings. The van der Waals surface area contributed by atoms with Crippen LogP contribution in [0.1, 0.15) is 18.5 Å². The summed E-state index contributed by atoms with van der Waals surface area (Å²) < 4.78 is 18.0. The molecule has 2 aromatic carbocycles. The van der Waals surface area contributed by atoms with Gasteiger partial charge in [0.15, 0.2) is 17.3 Å². The van der Waals surface area contributed by atoms with Crippen LogP contribution in [-0.2, 0) is 4.79 Å². The highest BCUT2D eigenvalue weighted by Crippen LogP contribution is 2.42. The Labute approximate surface area is 218 Å². The van der Waals surface area contributed by atoms with E-state index < -0.39 is 6.04 Å². The van der Waals surface area contributed by atoms with Gasteiger partial charge in [0.05, 0.1) is 38.8 Å². The molecule has 3 N–H and O–H groups in total. The molecule has 0 aliphatic carbocycles. The van der Waals surface area contributed by atoms with Gasteiger partial charge in [-0.2, -0.15) is 4.98 Å². The Balaban J connectivity index is 1.62. The molecule has 3 heterocycles. The minimum atomic E-state index is -0.682. The first-order valence-corrected chi connectivity index (χ1v) is 11.7. The van der Waals surface area contributed by atoms with Crippen LogP contribution in [0, 0.1) is 0 Å². The second kappa shape index (κ2) is 10.1. The van der Waals surface area contributed by atoms with E-state index in [1.54, 1.807) is 66.5 Å². The molecule has 1 atom stereocenters. The maximum Gasteiger partial charge on any atom is 0.255 e. The number of benzene rings is 2. The predicted molar refractivity (Wildman–Crippen MR) is 141 cm³/mol. The molecule has 1 aliphatic heterocycles. The molecule has 11 nitrogen and oxygen atoms in total. The summed E-state index contributed by atoms with van der Waals surface area (Å²) in [5.41, 5.74) is 2.83. The van der Waals surface area contributed by atoms with Crippen LogP contribution in [0.5, 0.6) is 23.0 Å². The molecule has 1 amide bonds. The number of fused-ring (bicyclic) bond motifs is 1. The average molecular weight is 515 g/mol. The number of hydrogen-bond donors (Lipinski definition) is 3. The van der Waals surface area contributed by atoms with Crippen LogP contribution >= 0.6 is 0 Å². The Morgan fingerprint density at radius 1 is 1.05 bits per heavy atom. The number of aromatic hydroxyl groups is 1. The third-order valence-corrected chi connectivity index (χ3v) is 6.13. The lowest BCUT2D eigenvalue weighted by molar-refractivity contribution is -0.113. The molecule has 1 unspecified atom stereocenters. The zero-order chi connectivity index (χ0) is 26.8. The van der Waals surface area contributed by atoms with Gasteiger partial charge in [-0.05, 0) is 48.9 Å². The number of rotatable bonds is 7. The zero-order valence-electron chi connectivity index (χ0n) is 21.2. The standard InChI is InChI=1S/C27H26N6O5/c1-15-22(26(35)30-18-8-6-10-28-14-18)23(16-7-5-9-19(34)11-16)33-27(29-15)31-25(32-33)17-12-20(36-2)24(38-4)21(13-17)37-3/h5-14,23,34H,1-4H3,(H,30,35)(H,29,31,32). The van der Waals surface area contributed by atoms with Gasteiger partial charge in [0.25, 0.3) is 5.91 Å². The van der Waals surface area contributed by atoms with Crippen molar-refractivity contribution >= 4 is 17.5 Å². The lowest BCUT2D eigenvalue weighted by Gasteiger charge is -2.28. The van der Waals surface area contributed by atoms with Gasteiger partial charge in [-0.15, -0.1) is 5.10 Å². The lowest BCUT2D eigenvalue weighted by Crippen LogP contribution is -2.31. The molecule has 5 rings (SSSR count). The fourth-order valence-corrected chi connectivity index (χ4v) is 4.42. The summed E-state index contributed by atoms with van der Waals surface area (Å²) in [7, 11) is 4.60. The van der Waals surface area contributed by atoms with Crippen LogP contribution in [0.2, 0.25) is 0 Å². The number of phenolic OH excluding ortho intramolecular Hbond substituents is 1. The summed E-state index contributed by atoms with van der Waals surface area (Å²) in [6, 6.07) is 13.0. The maximum atomic E-state index is 13.6. The topological polar surface area (TPSA) is 133 Å².